The van der Waals surface area contributed by atoms with Crippen molar-refractivity contribution in [3.63, 3.8) is 0 Å². The van der Waals surface area contributed by atoms with Crippen molar-refractivity contribution in [3.8, 4) is 0 Å². The highest BCUT2D eigenvalue weighted by molar-refractivity contribution is 7.93. The van der Waals surface area contributed by atoms with Crippen molar-refractivity contribution in [2.45, 2.75) is 33.8 Å². The Kier molecular flexibility index (Phi) is 9.16. The van der Waals surface area contributed by atoms with Gasteiger partial charge in [-0.05, 0) is 48.6 Å². The first kappa shape index (κ1) is 25.3. The van der Waals surface area contributed by atoms with Crippen LogP contribution in [0.3, 0.4) is 0 Å². The maximum Gasteiger partial charge on any atom is 0.257 e. The van der Waals surface area contributed by atoms with Crippen LogP contribution in [0.1, 0.15) is 38.3 Å². The normalized spacial score (nSPS) is 12.7. The minimum Gasteiger partial charge on any atom is -0.392 e. The van der Waals surface area contributed by atoms with Gasteiger partial charge in [-0.1, -0.05) is 56.3 Å². The number of carbonyl (C=O) groups excluding carboxylic acids is 2. The Morgan fingerprint density at radius 2 is 1.78 bits per heavy atom. The lowest BCUT2D eigenvalue weighted by Crippen LogP contribution is -2.45. The first-order chi connectivity index (χ1) is 15.2. The van der Waals surface area contributed by atoms with Crippen molar-refractivity contribution in [2.24, 2.45) is 11.8 Å². The second kappa shape index (κ2) is 11.6. The molecule has 2 amide bonds. The molecule has 0 aliphatic rings. The molecule has 1 atom stereocenters. The van der Waals surface area contributed by atoms with E-state index in [0.717, 1.165) is 5.41 Å². The van der Waals surface area contributed by atoms with Gasteiger partial charge in [0.25, 0.3) is 10.0 Å². The van der Waals surface area contributed by atoms with E-state index >= 15 is 0 Å². The maximum atomic E-state index is 13.3. The number of hydrogen-bond donors (Lipinski definition) is 2. The highest BCUT2D eigenvalue weighted by atomic mass is 32.2. The SMILES string of the molecule is CCN(C(=O)C(CC(C)C)C(=O)NS(=O)(=O)/C=C/c1ccccc1)c1cccc(CO)c1. The molecule has 2 aromatic carbocycles. The van der Waals surface area contributed by atoms with E-state index in [1.807, 2.05) is 24.6 Å². The second-order valence-electron chi connectivity index (χ2n) is 7.82. The van der Waals surface area contributed by atoms with E-state index in [4.69, 9.17) is 0 Å². The summed E-state index contributed by atoms with van der Waals surface area (Å²) in [6.45, 7) is 5.60. The predicted molar refractivity (Wildman–Crippen MR) is 126 cm³/mol. The van der Waals surface area contributed by atoms with Gasteiger partial charge < -0.3 is 10.0 Å². The molecule has 2 aromatic rings. The standard InChI is InChI=1S/C24H30N2O5S/c1-4-26(21-12-8-11-20(16-21)17-27)24(29)22(15-18(2)3)23(28)25-32(30,31)14-13-19-9-6-5-7-10-19/h5-14,16,18,22,27H,4,15,17H2,1-3H3,(H,25,28)/b14-13+. The smallest absolute Gasteiger partial charge is 0.257 e. The average molecular weight is 459 g/mol. The number of nitrogens with zero attached hydrogens (tertiary/aromatic N) is 1. The van der Waals surface area contributed by atoms with Crippen LogP contribution in [0, 0.1) is 11.8 Å². The summed E-state index contributed by atoms with van der Waals surface area (Å²) in [6, 6.07) is 15.7. The quantitative estimate of drug-likeness (QED) is 0.532. The Hall–Kier alpha value is -2.97. The summed E-state index contributed by atoms with van der Waals surface area (Å²) in [5.74, 6) is -2.54. The van der Waals surface area contributed by atoms with Crippen LogP contribution in [0.5, 0.6) is 0 Å². The Balaban J connectivity index is 2.25. The van der Waals surface area contributed by atoms with Crippen LogP contribution in [-0.4, -0.2) is 31.9 Å². The number of sulfonamides is 1. The van der Waals surface area contributed by atoms with E-state index in [-0.39, 0.29) is 25.5 Å². The lowest BCUT2D eigenvalue weighted by molar-refractivity contribution is -0.133. The molecule has 8 heteroatoms. The lowest BCUT2D eigenvalue weighted by Gasteiger charge is -2.27. The van der Waals surface area contributed by atoms with Crippen molar-refractivity contribution in [2.75, 3.05) is 11.4 Å². The second-order valence-corrected chi connectivity index (χ2v) is 9.38. The molecule has 0 fully saturated rings. The summed E-state index contributed by atoms with van der Waals surface area (Å²) < 4.78 is 26.9. The van der Waals surface area contributed by atoms with Gasteiger partial charge in [-0.2, -0.15) is 0 Å². The van der Waals surface area contributed by atoms with Gasteiger partial charge in [0, 0.05) is 12.2 Å². The number of aliphatic hydroxyl groups is 1. The molecule has 0 heterocycles. The van der Waals surface area contributed by atoms with Crippen LogP contribution < -0.4 is 9.62 Å². The predicted octanol–water partition coefficient (Wildman–Crippen LogP) is 3.31. The number of carbonyl (C=O) groups is 2. The first-order valence-corrected chi connectivity index (χ1v) is 12.0. The average Bonchev–Trinajstić information content (AvgIpc) is 2.77. The third-order valence-corrected chi connectivity index (χ3v) is 5.77. The molecule has 2 rings (SSSR count). The monoisotopic (exact) mass is 458 g/mol. The van der Waals surface area contributed by atoms with Crippen molar-refractivity contribution in [1.82, 2.24) is 4.72 Å². The molecule has 32 heavy (non-hydrogen) atoms. The fourth-order valence-corrected chi connectivity index (χ4v) is 4.07. The van der Waals surface area contributed by atoms with E-state index in [1.54, 1.807) is 55.5 Å². The van der Waals surface area contributed by atoms with Crippen molar-refractivity contribution in [3.05, 3.63) is 71.1 Å². The molecule has 0 saturated carbocycles. The Morgan fingerprint density at radius 1 is 1.09 bits per heavy atom. The van der Waals surface area contributed by atoms with Gasteiger partial charge in [-0.25, -0.2) is 13.1 Å². The highest BCUT2D eigenvalue weighted by Gasteiger charge is 2.33. The van der Waals surface area contributed by atoms with E-state index in [2.05, 4.69) is 0 Å². The van der Waals surface area contributed by atoms with Crippen molar-refractivity contribution < 1.29 is 23.1 Å². The van der Waals surface area contributed by atoms with Gasteiger partial charge in [0.2, 0.25) is 11.8 Å². The molecule has 7 nitrogen and oxygen atoms in total. The summed E-state index contributed by atoms with van der Waals surface area (Å²) in [5, 5.41) is 10.3. The molecule has 2 N–H and O–H groups in total. The molecule has 0 aromatic heterocycles. The topological polar surface area (TPSA) is 104 Å². The van der Waals surface area contributed by atoms with E-state index < -0.39 is 27.8 Å². The Bertz CT molecular complexity index is 1050. The molecule has 1 unspecified atom stereocenters. The van der Waals surface area contributed by atoms with Crippen LogP contribution in [0.4, 0.5) is 5.69 Å². The minimum atomic E-state index is -4.08. The van der Waals surface area contributed by atoms with Gasteiger partial charge >= 0.3 is 0 Å². The zero-order valence-corrected chi connectivity index (χ0v) is 19.4. The summed E-state index contributed by atoms with van der Waals surface area (Å²) in [7, 11) is -4.08. The molecule has 0 aliphatic carbocycles. The molecule has 0 spiro atoms. The number of aliphatic hydroxyl groups excluding tert-OH is 1. The number of benzene rings is 2. The molecular weight excluding hydrogens is 428 g/mol. The molecule has 0 saturated heterocycles. The number of nitrogens with one attached hydrogen (secondary N) is 1. The highest BCUT2D eigenvalue weighted by Crippen LogP contribution is 2.22. The number of anilines is 1. The van der Waals surface area contributed by atoms with E-state index in [9.17, 15) is 23.1 Å². The fraction of sp³-hybridized carbons (Fsp3) is 0.333. The van der Waals surface area contributed by atoms with Gasteiger partial charge in [-0.15, -0.1) is 0 Å². The number of hydrogen-bond acceptors (Lipinski definition) is 5. The zero-order chi connectivity index (χ0) is 23.7. The van der Waals surface area contributed by atoms with Crippen molar-refractivity contribution in [1.29, 1.82) is 0 Å². The van der Waals surface area contributed by atoms with Crippen LogP contribution in [0.2, 0.25) is 0 Å². The molecule has 172 valence electrons. The number of rotatable bonds is 10. The largest absolute Gasteiger partial charge is 0.392 e. The van der Waals surface area contributed by atoms with Crippen LogP contribution >= 0.6 is 0 Å². The summed E-state index contributed by atoms with van der Waals surface area (Å²) in [4.78, 5) is 27.6. The zero-order valence-electron chi connectivity index (χ0n) is 18.6. The van der Waals surface area contributed by atoms with Crippen LogP contribution in [-0.2, 0) is 26.2 Å². The van der Waals surface area contributed by atoms with E-state index in [1.165, 1.54) is 11.0 Å². The first-order valence-electron chi connectivity index (χ1n) is 10.5. The Morgan fingerprint density at radius 3 is 2.38 bits per heavy atom. The van der Waals surface area contributed by atoms with Crippen LogP contribution in [0.15, 0.2) is 60.0 Å². The lowest BCUT2D eigenvalue weighted by atomic mass is 9.95. The van der Waals surface area contributed by atoms with Gasteiger partial charge in [0.05, 0.1) is 12.0 Å². The maximum absolute atomic E-state index is 13.3. The third-order valence-electron chi connectivity index (χ3n) is 4.79. The van der Waals surface area contributed by atoms with Gasteiger partial charge in [0.1, 0.15) is 5.92 Å². The summed E-state index contributed by atoms with van der Waals surface area (Å²) in [5.41, 5.74) is 1.84. The van der Waals surface area contributed by atoms with Gasteiger partial charge in [-0.3, -0.25) is 9.59 Å². The Labute approximate surface area is 189 Å². The number of amides is 2. The third kappa shape index (κ3) is 7.32. The van der Waals surface area contributed by atoms with Crippen LogP contribution in [0.25, 0.3) is 6.08 Å². The minimum absolute atomic E-state index is 0.0141. The molecular formula is C24H30N2O5S. The van der Waals surface area contributed by atoms with Gasteiger partial charge in [0.15, 0.2) is 0 Å². The molecule has 0 bridgehead atoms. The molecule has 0 radical (unpaired) electrons. The summed E-state index contributed by atoms with van der Waals surface area (Å²) in [6.07, 6.45) is 1.58. The van der Waals surface area contributed by atoms with Crippen molar-refractivity contribution >= 4 is 33.6 Å². The molecule has 0 aliphatic heterocycles. The fourth-order valence-electron chi connectivity index (χ4n) is 3.25. The van der Waals surface area contributed by atoms with E-state index in [0.29, 0.717) is 16.8 Å². The summed E-state index contributed by atoms with van der Waals surface area (Å²) >= 11 is 0.